The number of likely N-dealkylation sites (tertiary alicyclic amines) is 1. The highest BCUT2D eigenvalue weighted by Gasteiger charge is 2.34. The van der Waals surface area contributed by atoms with Crippen molar-refractivity contribution in [3.05, 3.63) is 29.8 Å². The van der Waals surface area contributed by atoms with Gasteiger partial charge in [0.05, 0.1) is 0 Å². The Morgan fingerprint density at radius 2 is 2.24 bits per heavy atom. The highest BCUT2D eigenvalue weighted by atomic mass is 16.3. The van der Waals surface area contributed by atoms with E-state index in [2.05, 4.69) is 11.8 Å². The van der Waals surface area contributed by atoms with Crippen molar-refractivity contribution >= 4 is 0 Å². The maximum Gasteiger partial charge on any atom is 0.115 e. The van der Waals surface area contributed by atoms with E-state index in [-0.39, 0.29) is 5.75 Å². The zero-order chi connectivity index (χ0) is 12.3. The Kier molecular flexibility index (Phi) is 3.69. The number of piperidine rings is 1. The van der Waals surface area contributed by atoms with Crippen LogP contribution in [0.3, 0.4) is 0 Å². The summed E-state index contributed by atoms with van der Waals surface area (Å²) in [6.07, 6.45) is 2.89. The van der Waals surface area contributed by atoms with Crippen LogP contribution in [0.4, 0.5) is 0 Å². The molecule has 17 heavy (non-hydrogen) atoms. The van der Waals surface area contributed by atoms with E-state index < -0.39 is 5.60 Å². The molecule has 1 unspecified atom stereocenters. The summed E-state index contributed by atoms with van der Waals surface area (Å²) in [5, 5.41) is 20.2. The van der Waals surface area contributed by atoms with Crippen molar-refractivity contribution in [1.29, 1.82) is 0 Å². The van der Waals surface area contributed by atoms with E-state index in [1.807, 2.05) is 6.07 Å². The van der Waals surface area contributed by atoms with Crippen LogP contribution < -0.4 is 0 Å². The topological polar surface area (TPSA) is 43.7 Å². The normalized spacial score (nSPS) is 26.0. The van der Waals surface area contributed by atoms with Crippen LogP contribution in [0, 0.1) is 0 Å². The van der Waals surface area contributed by atoms with Gasteiger partial charge >= 0.3 is 0 Å². The third-order valence-corrected chi connectivity index (χ3v) is 3.47. The zero-order valence-electron chi connectivity index (χ0n) is 10.4. The molecule has 3 heteroatoms. The fraction of sp³-hybridized carbons (Fsp3) is 0.571. The minimum atomic E-state index is -0.799. The van der Waals surface area contributed by atoms with Crippen LogP contribution in [0.2, 0.25) is 0 Å². The molecular formula is C14H21NO2. The third-order valence-electron chi connectivity index (χ3n) is 3.47. The maximum atomic E-state index is 10.7. The molecule has 94 valence electrons. The average molecular weight is 235 g/mol. The van der Waals surface area contributed by atoms with Crippen molar-refractivity contribution in [2.45, 2.75) is 31.8 Å². The summed E-state index contributed by atoms with van der Waals surface area (Å²) in [4.78, 5) is 2.30. The van der Waals surface area contributed by atoms with Crippen molar-refractivity contribution < 1.29 is 10.2 Å². The van der Waals surface area contributed by atoms with Gasteiger partial charge in [0.15, 0.2) is 0 Å². The predicted molar refractivity (Wildman–Crippen MR) is 68.0 cm³/mol. The van der Waals surface area contributed by atoms with Gasteiger partial charge in [0.2, 0.25) is 0 Å². The molecule has 1 fully saturated rings. The molecule has 2 N–H and O–H groups in total. The van der Waals surface area contributed by atoms with E-state index in [1.165, 1.54) is 0 Å². The smallest absolute Gasteiger partial charge is 0.115 e. The molecule has 3 nitrogen and oxygen atoms in total. The first-order valence-corrected chi connectivity index (χ1v) is 6.38. The lowest BCUT2D eigenvalue weighted by atomic mass is 9.85. The predicted octanol–water partition coefficient (Wildman–Crippen LogP) is 2.09. The van der Waals surface area contributed by atoms with Crippen LogP contribution in [0.1, 0.15) is 31.7 Å². The van der Waals surface area contributed by atoms with Gasteiger partial charge in [-0.15, -0.1) is 0 Å². The molecule has 1 aliphatic rings. The Morgan fingerprint density at radius 3 is 2.94 bits per heavy atom. The van der Waals surface area contributed by atoms with Crippen LogP contribution in [0.15, 0.2) is 24.3 Å². The largest absolute Gasteiger partial charge is 0.508 e. The summed E-state index contributed by atoms with van der Waals surface area (Å²) in [7, 11) is 0. The van der Waals surface area contributed by atoms with Crippen molar-refractivity contribution in [1.82, 2.24) is 4.90 Å². The Hall–Kier alpha value is -1.06. The number of aliphatic hydroxyl groups is 1. The first-order valence-electron chi connectivity index (χ1n) is 6.38. The highest BCUT2D eigenvalue weighted by Crippen LogP contribution is 2.32. The summed E-state index contributed by atoms with van der Waals surface area (Å²) in [6.45, 7) is 4.92. The van der Waals surface area contributed by atoms with E-state index in [4.69, 9.17) is 0 Å². The summed E-state index contributed by atoms with van der Waals surface area (Å²) < 4.78 is 0. The highest BCUT2D eigenvalue weighted by molar-refractivity contribution is 5.32. The van der Waals surface area contributed by atoms with Gasteiger partial charge in [-0.2, -0.15) is 0 Å². The average Bonchev–Trinajstić information content (AvgIpc) is 2.30. The quantitative estimate of drug-likeness (QED) is 0.843. The maximum absolute atomic E-state index is 10.7. The number of rotatable bonds is 3. The number of benzene rings is 1. The first kappa shape index (κ1) is 12.4. The van der Waals surface area contributed by atoms with Crippen molar-refractivity contribution in [3.8, 4) is 5.75 Å². The molecule has 1 saturated heterocycles. The number of phenols is 1. The number of β-amino-alcohol motifs (C(OH)–C–C–N with tert-alkyl or cyclic N) is 1. The van der Waals surface area contributed by atoms with Gasteiger partial charge in [-0.3, -0.25) is 0 Å². The van der Waals surface area contributed by atoms with E-state index in [9.17, 15) is 10.2 Å². The van der Waals surface area contributed by atoms with Crippen LogP contribution >= 0.6 is 0 Å². The molecule has 0 saturated carbocycles. The molecule has 0 aliphatic carbocycles. The lowest BCUT2D eigenvalue weighted by molar-refractivity contribution is -0.0355. The second-order valence-electron chi connectivity index (χ2n) is 4.96. The zero-order valence-corrected chi connectivity index (χ0v) is 10.4. The molecule has 0 bridgehead atoms. The standard InChI is InChI=1S/C14H21NO2/c1-2-8-15-9-4-7-14(17,11-15)12-5-3-6-13(16)10-12/h3,5-6,10,16-17H,2,4,7-9,11H2,1H3. The molecule has 2 rings (SSSR count). The van der Waals surface area contributed by atoms with E-state index in [1.54, 1.807) is 18.2 Å². The number of nitrogens with zero attached hydrogens (tertiary/aromatic N) is 1. The first-order chi connectivity index (χ1) is 8.14. The lowest BCUT2D eigenvalue weighted by Crippen LogP contribution is -2.46. The minimum Gasteiger partial charge on any atom is -0.508 e. The van der Waals surface area contributed by atoms with Crippen molar-refractivity contribution in [3.63, 3.8) is 0 Å². The summed E-state index contributed by atoms with van der Waals surface area (Å²) in [6, 6.07) is 7.01. The molecule has 1 aromatic carbocycles. The minimum absolute atomic E-state index is 0.225. The van der Waals surface area contributed by atoms with Gasteiger partial charge in [0.1, 0.15) is 11.4 Å². The van der Waals surface area contributed by atoms with Gasteiger partial charge < -0.3 is 15.1 Å². The molecule has 0 aromatic heterocycles. The van der Waals surface area contributed by atoms with E-state index >= 15 is 0 Å². The second kappa shape index (κ2) is 5.07. The fourth-order valence-corrected chi connectivity index (χ4v) is 2.66. The van der Waals surface area contributed by atoms with Crippen LogP contribution in [0.25, 0.3) is 0 Å². The SMILES string of the molecule is CCCN1CCCC(O)(c2cccc(O)c2)C1. The summed E-state index contributed by atoms with van der Waals surface area (Å²) in [5.41, 5.74) is 0.0323. The van der Waals surface area contributed by atoms with Gasteiger partial charge in [-0.1, -0.05) is 19.1 Å². The van der Waals surface area contributed by atoms with E-state index in [0.717, 1.165) is 37.9 Å². The molecule has 1 aliphatic heterocycles. The Morgan fingerprint density at radius 1 is 1.41 bits per heavy atom. The number of aromatic hydroxyl groups is 1. The summed E-state index contributed by atoms with van der Waals surface area (Å²) in [5.74, 6) is 0.225. The van der Waals surface area contributed by atoms with Crippen LogP contribution in [-0.4, -0.2) is 34.7 Å². The van der Waals surface area contributed by atoms with Gasteiger partial charge in [0, 0.05) is 6.54 Å². The number of phenolic OH excluding ortho intramolecular Hbond substituents is 1. The Bertz CT molecular complexity index is 378. The third kappa shape index (κ3) is 2.79. The van der Waals surface area contributed by atoms with Crippen LogP contribution in [-0.2, 0) is 5.60 Å². The van der Waals surface area contributed by atoms with Gasteiger partial charge in [-0.25, -0.2) is 0 Å². The molecule has 0 amide bonds. The molecule has 1 aromatic rings. The molecular weight excluding hydrogens is 214 g/mol. The number of hydrogen-bond donors (Lipinski definition) is 2. The van der Waals surface area contributed by atoms with Crippen LogP contribution in [0.5, 0.6) is 5.75 Å². The van der Waals surface area contributed by atoms with Gasteiger partial charge in [0.25, 0.3) is 0 Å². The fourth-order valence-electron chi connectivity index (χ4n) is 2.66. The Balaban J connectivity index is 2.17. The van der Waals surface area contributed by atoms with Crippen molar-refractivity contribution in [2.24, 2.45) is 0 Å². The molecule has 1 heterocycles. The number of hydrogen-bond acceptors (Lipinski definition) is 3. The molecule has 1 atom stereocenters. The second-order valence-corrected chi connectivity index (χ2v) is 4.96. The lowest BCUT2D eigenvalue weighted by Gasteiger charge is -2.39. The van der Waals surface area contributed by atoms with E-state index in [0.29, 0.717) is 6.54 Å². The molecule has 0 radical (unpaired) electrons. The summed E-state index contributed by atoms with van der Waals surface area (Å²) >= 11 is 0. The monoisotopic (exact) mass is 235 g/mol. The van der Waals surface area contributed by atoms with Crippen molar-refractivity contribution in [2.75, 3.05) is 19.6 Å². The Labute approximate surface area is 103 Å². The molecule has 0 spiro atoms. The van der Waals surface area contributed by atoms with Gasteiger partial charge in [-0.05, 0) is 50.0 Å².